The number of piperazine rings is 1. The Morgan fingerprint density at radius 1 is 1.00 bits per heavy atom. The van der Waals surface area contributed by atoms with Gasteiger partial charge >= 0.3 is 5.97 Å². The van der Waals surface area contributed by atoms with Gasteiger partial charge in [-0.25, -0.2) is 0 Å². The highest BCUT2D eigenvalue weighted by Crippen LogP contribution is 2.23. The average Bonchev–Trinajstić information content (AvgIpc) is 2.82. The molecule has 3 rings (SSSR count). The summed E-state index contributed by atoms with van der Waals surface area (Å²) < 4.78 is 4.97. The fourth-order valence-electron chi connectivity index (χ4n) is 4.14. The molecule has 0 bridgehead atoms. The highest BCUT2D eigenvalue weighted by Gasteiger charge is 2.21. The molecule has 2 aliphatic rings. The molecule has 1 aromatic rings. The maximum absolute atomic E-state index is 12.1. The lowest BCUT2D eigenvalue weighted by atomic mass is 9.89. The van der Waals surface area contributed by atoms with Crippen LogP contribution in [0.2, 0.25) is 0 Å². The van der Waals surface area contributed by atoms with Gasteiger partial charge in [-0.1, -0.05) is 26.2 Å². The van der Waals surface area contributed by atoms with E-state index in [1.54, 1.807) is 0 Å². The number of benzene rings is 1. The fraction of sp³-hybridized carbons (Fsp3) is 0.609. The third kappa shape index (κ3) is 7.24. The smallest absolute Gasteiger partial charge is 0.325 e. The minimum atomic E-state index is -0.610. The van der Waals surface area contributed by atoms with Crippen LogP contribution in [0, 0.1) is 5.92 Å². The van der Waals surface area contributed by atoms with Crippen LogP contribution in [-0.4, -0.2) is 68.6 Å². The first-order chi connectivity index (χ1) is 15.0. The first kappa shape index (κ1) is 23.1. The standard InChI is InChI=1S/C23H34N4O4/c1-2-26-12-14-27(15-13-26)20-10-8-19(9-11-20)25-21(28)17-31-22(29)16-24-23(30)18-6-4-3-5-7-18/h8-11,18H,2-7,12-17H2,1H3,(H,24,30)(H,25,28). The van der Waals surface area contributed by atoms with E-state index >= 15 is 0 Å². The largest absolute Gasteiger partial charge is 0.454 e. The lowest BCUT2D eigenvalue weighted by molar-refractivity contribution is -0.147. The molecular weight excluding hydrogens is 396 g/mol. The van der Waals surface area contributed by atoms with Crippen LogP contribution in [0.1, 0.15) is 39.0 Å². The Balaban J connectivity index is 1.34. The van der Waals surface area contributed by atoms with Gasteiger partial charge in [0.2, 0.25) is 5.91 Å². The second-order valence-corrected chi connectivity index (χ2v) is 8.23. The Kier molecular flexibility index (Phi) is 8.70. The number of esters is 1. The third-order valence-corrected chi connectivity index (χ3v) is 6.08. The maximum atomic E-state index is 12.1. The summed E-state index contributed by atoms with van der Waals surface area (Å²) in [5.41, 5.74) is 1.79. The zero-order valence-corrected chi connectivity index (χ0v) is 18.4. The minimum Gasteiger partial charge on any atom is -0.454 e. The molecule has 31 heavy (non-hydrogen) atoms. The summed E-state index contributed by atoms with van der Waals surface area (Å²) in [6.07, 6.45) is 5.02. The van der Waals surface area contributed by atoms with Gasteiger partial charge in [0.05, 0.1) is 0 Å². The molecule has 2 fully saturated rings. The molecule has 8 nitrogen and oxygen atoms in total. The molecule has 8 heteroatoms. The number of ether oxygens (including phenoxy) is 1. The molecule has 0 unspecified atom stereocenters. The molecule has 0 aromatic heterocycles. The molecule has 1 aliphatic heterocycles. The van der Waals surface area contributed by atoms with E-state index < -0.39 is 11.9 Å². The van der Waals surface area contributed by atoms with Crippen molar-refractivity contribution < 1.29 is 19.1 Å². The molecule has 1 saturated heterocycles. The highest BCUT2D eigenvalue weighted by molar-refractivity contribution is 5.93. The van der Waals surface area contributed by atoms with E-state index in [1.165, 1.54) is 6.42 Å². The molecule has 170 valence electrons. The van der Waals surface area contributed by atoms with Crippen LogP contribution in [0.5, 0.6) is 0 Å². The summed E-state index contributed by atoms with van der Waals surface area (Å²) >= 11 is 0. The van der Waals surface area contributed by atoms with E-state index in [0.717, 1.165) is 64.1 Å². The molecule has 1 heterocycles. The van der Waals surface area contributed by atoms with Gasteiger partial charge in [-0.2, -0.15) is 0 Å². The van der Waals surface area contributed by atoms with E-state index in [2.05, 4.69) is 27.4 Å². The lowest BCUT2D eigenvalue weighted by Gasteiger charge is -2.35. The predicted molar refractivity (Wildman–Crippen MR) is 120 cm³/mol. The molecule has 1 aromatic carbocycles. The van der Waals surface area contributed by atoms with Crippen LogP contribution in [0.25, 0.3) is 0 Å². The summed E-state index contributed by atoms with van der Waals surface area (Å²) in [5.74, 6) is -1.13. The quantitative estimate of drug-likeness (QED) is 0.613. The molecule has 0 spiro atoms. The maximum Gasteiger partial charge on any atom is 0.325 e. The van der Waals surface area contributed by atoms with Crippen molar-refractivity contribution in [2.75, 3.05) is 56.1 Å². The Labute approximate surface area is 184 Å². The van der Waals surface area contributed by atoms with Gasteiger partial charge in [-0.05, 0) is 43.7 Å². The zero-order chi connectivity index (χ0) is 22.1. The summed E-state index contributed by atoms with van der Waals surface area (Å²) in [6, 6.07) is 7.69. The van der Waals surface area contributed by atoms with E-state index in [1.807, 2.05) is 24.3 Å². The van der Waals surface area contributed by atoms with Crippen molar-refractivity contribution in [1.82, 2.24) is 10.2 Å². The number of anilines is 2. The Bertz CT molecular complexity index is 738. The van der Waals surface area contributed by atoms with Crippen molar-refractivity contribution in [3.05, 3.63) is 24.3 Å². The SMILES string of the molecule is CCN1CCN(c2ccc(NC(=O)COC(=O)CNC(=O)C3CCCCC3)cc2)CC1. The molecule has 1 saturated carbocycles. The number of rotatable bonds is 8. The topological polar surface area (TPSA) is 91.0 Å². The predicted octanol–water partition coefficient (Wildman–Crippen LogP) is 2.01. The van der Waals surface area contributed by atoms with Crippen LogP contribution in [-0.2, 0) is 19.1 Å². The van der Waals surface area contributed by atoms with Gasteiger partial charge in [0.25, 0.3) is 5.91 Å². The van der Waals surface area contributed by atoms with Crippen LogP contribution >= 0.6 is 0 Å². The van der Waals surface area contributed by atoms with Gasteiger partial charge in [0.15, 0.2) is 6.61 Å². The number of nitrogens with zero attached hydrogens (tertiary/aromatic N) is 2. The Morgan fingerprint density at radius 3 is 2.32 bits per heavy atom. The van der Waals surface area contributed by atoms with Crippen molar-refractivity contribution in [3.63, 3.8) is 0 Å². The van der Waals surface area contributed by atoms with Crippen molar-refractivity contribution in [2.24, 2.45) is 5.92 Å². The van der Waals surface area contributed by atoms with Crippen molar-refractivity contribution in [1.29, 1.82) is 0 Å². The second-order valence-electron chi connectivity index (χ2n) is 8.23. The van der Waals surface area contributed by atoms with Gasteiger partial charge < -0.3 is 25.2 Å². The van der Waals surface area contributed by atoms with Crippen molar-refractivity contribution in [2.45, 2.75) is 39.0 Å². The molecule has 0 radical (unpaired) electrons. The van der Waals surface area contributed by atoms with Crippen LogP contribution < -0.4 is 15.5 Å². The molecule has 2 amide bonds. The van der Waals surface area contributed by atoms with Crippen LogP contribution in [0.15, 0.2) is 24.3 Å². The lowest BCUT2D eigenvalue weighted by Crippen LogP contribution is -2.46. The monoisotopic (exact) mass is 430 g/mol. The third-order valence-electron chi connectivity index (χ3n) is 6.08. The number of carbonyl (C=O) groups excluding carboxylic acids is 3. The Hall–Kier alpha value is -2.61. The first-order valence-electron chi connectivity index (χ1n) is 11.4. The van der Waals surface area contributed by atoms with E-state index in [0.29, 0.717) is 5.69 Å². The summed E-state index contributed by atoms with van der Waals surface area (Å²) in [5, 5.41) is 5.35. The number of amides is 2. The normalized spacial score (nSPS) is 17.8. The second kappa shape index (κ2) is 11.7. The summed E-state index contributed by atoms with van der Waals surface area (Å²) in [6.45, 7) is 6.78. The number of likely N-dealkylation sites (N-methyl/N-ethyl adjacent to an activating group) is 1. The van der Waals surface area contributed by atoms with Crippen molar-refractivity contribution >= 4 is 29.2 Å². The number of nitrogens with one attached hydrogen (secondary N) is 2. The molecule has 2 N–H and O–H groups in total. The Morgan fingerprint density at radius 2 is 1.68 bits per heavy atom. The number of carbonyl (C=O) groups is 3. The van der Waals surface area contributed by atoms with E-state index in [-0.39, 0.29) is 25.0 Å². The van der Waals surface area contributed by atoms with Gasteiger partial charge in [-0.3, -0.25) is 14.4 Å². The fourth-order valence-corrected chi connectivity index (χ4v) is 4.14. The van der Waals surface area contributed by atoms with Crippen molar-refractivity contribution in [3.8, 4) is 0 Å². The number of hydrogen-bond donors (Lipinski definition) is 2. The van der Waals surface area contributed by atoms with Gasteiger partial charge in [0, 0.05) is 43.5 Å². The average molecular weight is 431 g/mol. The minimum absolute atomic E-state index is 0.0108. The molecule has 1 aliphatic carbocycles. The van der Waals surface area contributed by atoms with Gasteiger partial charge in [0.1, 0.15) is 6.54 Å². The zero-order valence-electron chi connectivity index (χ0n) is 18.4. The number of hydrogen-bond acceptors (Lipinski definition) is 6. The van der Waals surface area contributed by atoms with Crippen LogP contribution in [0.3, 0.4) is 0 Å². The van der Waals surface area contributed by atoms with Crippen LogP contribution in [0.4, 0.5) is 11.4 Å². The first-order valence-corrected chi connectivity index (χ1v) is 11.4. The summed E-state index contributed by atoms with van der Waals surface area (Å²) in [4.78, 5) is 40.7. The molecular formula is C23H34N4O4. The summed E-state index contributed by atoms with van der Waals surface area (Å²) in [7, 11) is 0. The highest BCUT2D eigenvalue weighted by atomic mass is 16.5. The van der Waals surface area contributed by atoms with E-state index in [9.17, 15) is 14.4 Å². The van der Waals surface area contributed by atoms with Gasteiger partial charge in [-0.15, -0.1) is 0 Å². The van der Waals surface area contributed by atoms with E-state index in [4.69, 9.17) is 4.74 Å². The molecule has 0 atom stereocenters.